The molecule has 0 unspecified atom stereocenters. The fraction of sp³-hybridized carbons (Fsp3) is 1.00. The predicted octanol–water partition coefficient (Wildman–Crippen LogP) is 4.14. The third kappa shape index (κ3) is 4.46. The zero-order chi connectivity index (χ0) is 14.1. The molecule has 0 saturated heterocycles. The van der Waals surface area contributed by atoms with Gasteiger partial charge < -0.3 is 10.1 Å². The number of hydrogen-bond acceptors (Lipinski definition) is 2. The highest BCUT2D eigenvalue weighted by Gasteiger charge is 2.40. The summed E-state index contributed by atoms with van der Waals surface area (Å²) < 4.78 is 6.36. The predicted molar refractivity (Wildman–Crippen MR) is 81.4 cm³/mol. The van der Waals surface area contributed by atoms with Gasteiger partial charge in [0.1, 0.15) is 0 Å². The van der Waals surface area contributed by atoms with Gasteiger partial charge in [-0.2, -0.15) is 0 Å². The highest BCUT2D eigenvalue weighted by Crippen LogP contribution is 2.43. The van der Waals surface area contributed by atoms with Crippen LogP contribution in [0.4, 0.5) is 0 Å². The molecule has 2 fully saturated rings. The van der Waals surface area contributed by atoms with Crippen LogP contribution in [0.2, 0.25) is 0 Å². The second kappa shape index (κ2) is 5.73. The topological polar surface area (TPSA) is 21.3 Å². The van der Waals surface area contributed by atoms with Crippen molar-refractivity contribution in [3.8, 4) is 0 Å². The molecule has 2 aliphatic carbocycles. The number of rotatable bonds is 5. The Morgan fingerprint density at radius 1 is 1.11 bits per heavy atom. The van der Waals surface area contributed by atoms with Crippen molar-refractivity contribution in [1.29, 1.82) is 0 Å². The van der Waals surface area contributed by atoms with Crippen LogP contribution in [0.5, 0.6) is 0 Å². The average Bonchev–Trinajstić information content (AvgIpc) is 3.08. The molecule has 2 aliphatic rings. The SMILES string of the molecule is CC(C)OC1(CNC2CC2)CCC(C(C)(C)C)CC1. The van der Waals surface area contributed by atoms with Crippen LogP contribution in [0.15, 0.2) is 0 Å². The summed E-state index contributed by atoms with van der Waals surface area (Å²) in [6.07, 6.45) is 8.17. The minimum Gasteiger partial charge on any atom is -0.371 e. The highest BCUT2D eigenvalue weighted by atomic mass is 16.5. The third-order valence-corrected chi connectivity index (χ3v) is 4.90. The van der Waals surface area contributed by atoms with Crippen LogP contribution in [0.25, 0.3) is 0 Å². The standard InChI is InChI=1S/C17H33NO/c1-13(2)19-17(12-18-15-6-7-15)10-8-14(9-11-17)16(3,4)5/h13-15,18H,6-12H2,1-5H3. The molecule has 2 heteroatoms. The molecule has 0 heterocycles. The van der Waals surface area contributed by atoms with Gasteiger partial charge in [-0.05, 0) is 63.7 Å². The molecule has 19 heavy (non-hydrogen) atoms. The maximum Gasteiger partial charge on any atom is 0.0810 e. The monoisotopic (exact) mass is 267 g/mol. The lowest BCUT2D eigenvalue weighted by Crippen LogP contribution is -2.48. The summed E-state index contributed by atoms with van der Waals surface area (Å²) in [5.41, 5.74) is 0.562. The molecule has 112 valence electrons. The van der Waals surface area contributed by atoms with Gasteiger partial charge >= 0.3 is 0 Å². The number of nitrogens with one attached hydrogen (secondary N) is 1. The minimum absolute atomic E-state index is 0.110. The van der Waals surface area contributed by atoms with E-state index in [-0.39, 0.29) is 5.60 Å². The van der Waals surface area contributed by atoms with Gasteiger partial charge in [0.25, 0.3) is 0 Å². The summed E-state index contributed by atoms with van der Waals surface area (Å²) in [4.78, 5) is 0. The van der Waals surface area contributed by atoms with Gasteiger partial charge in [-0.1, -0.05) is 20.8 Å². The first-order valence-electron chi connectivity index (χ1n) is 8.22. The Morgan fingerprint density at radius 2 is 1.68 bits per heavy atom. The molecule has 0 aromatic rings. The van der Waals surface area contributed by atoms with E-state index in [9.17, 15) is 0 Å². The molecule has 0 aliphatic heterocycles. The second-order valence-corrected chi connectivity index (χ2v) is 8.15. The summed E-state index contributed by atoms with van der Waals surface area (Å²) in [5.74, 6) is 0.859. The van der Waals surface area contributed by atoms with Crippen LogP contribution in [0.3, 0.4) is 0 Å². The summed E-state index contributed by atoms with van der Waals surface area (Å²) >= 11 is 0. The normalized spacial score (nSPS) is 32.8. The molecule has 0 spiro atoms. The largest absolute Gasteiger partial charge is 0.371 e. The van der Waals surface area contributed by atoms with Crippen molar-refractivity contribution >= 4 is 0 Å². The highest BCUT2D eigenvalue weighted by molar-refractivity contribution is 4.94. The zero-order valence-corrected chi connectivity index (χ0v) is 13.6. The van der Waals surface area contributed by atoms with Gasteiger partial charge in [0.2, 0.25) is 0 Å². The first-order valence-corrected chi connectivity index (χ1v) is 8.22. The van der Waals surface area contributed by atoms with Crippen molar-refractivity contribution in [1.82, 2.24) is 5.32 Å². The molecule has 0 aromatic heterocycles. The maximum absolute atomic E-state index is 6.36. The lowest BCUT2D eigenvalue weighted by Gasteiger charge is -2.45. The van der Waals surface area contributed by atoms with E-state index in [1.54, 1.807) is 0 Å². The molecular weight excluding hydrogens is 234 g/mol. The Bertz CT molecular complexity index is 280. The van der Waals surface area contributed by atoms with E-state index in [2.05, 4.69) is 39.9 Å². The third-order valence-electron chi connectivity index (χ3n) is 4.90. The van der Waals surface area contributed by atoms with E-state index in [0.29, 0.717) is 11.5 Å². The molecule has 0 amide bonds. The van der Waals surface area contributed by atoms with E-state index >= 15 is 0 Å². The van der Waals surface area contributed by atoms with Crippen LogP contribution in [-0.4, -0.2) is 24.3 Å². The van der Waals surface area contributed by atoms with Crippen LogP contribution < -0.4 is 5.32 Å². The molecule has 1 N–H and O–H groups in total. The quantitative estimate of drug-likeness (QED) is 0.808. The van der Waals surface area contributed by atoms with Crippen molar-refractivity contribution in [2.75, 3.05) is 6.54 Å². The van der Waals surface area contributed by atoms with Crippen molar-refractivity contribution in [3.05, 3.63) is 0 Å². The first-order chi connectivity index (χ1) is 8.81. The molecule has 2 rings (SSSR count). The Hall–Kier alpha value is -0.0800. The molecule has 2 saturated carbocycles. The molecule has 2 nitrogen and oxygen atoms in total. The van der Waals surface area contributed by atoms with Crippen LogP contribution in [0.1, 0.15) is 73.1 Å². The fourth-order valence-electron chi connectivity index (χ4n) is 3.46. The van der Waals surface area contributed by atoms with Gasteiger partial charge in [0.05, 0.1) is 11.7 Å². The molecule has 0 radical (unpaired) electrons. The van der Waals surface area contributed by atoms with E-state index in [4.69, 9.17) is 4.74 Å². The van der Waals surface area contributed by atoms with Gasteiger partial charge in [0, 0.05) is 12.6 Å². The van der Waals surface area contributed by atoms with Gasteiger partial charge in [-0.15, -0.1) is 0 Å². The number of hydrogen-bond donors (Lipinski definition) is 1. The van der Waals surface area contributed by atoms with Gasteiger partial charge in [0.15, 0.2) is 0 Å². The molecule has 0 atom stereocenters. The van der Waals surface area contributed by atoms with E-state index < -0.39 is 0 Å². The van der Waals surface area contributed by atoms with Crippen molar-refractivity contribution in [2.24, 2.45) is 11.3 Å². The van der Waals surface area contributed by atoms with Crippen molar-refractivity contribution < 1.29 is 4.74 Å². The summed E-state index contributed by atoms with van der Waals surface area (Å²) in [6, 6.07) is 0.785. The smallest absolute Gasteiger partial charge is 0.0810 e. The fourth-order valence-corrected chi connectivity index (χ4v) is 3.46. The molecular formula is C17H33NO. The Morgan fingerprint density at radius 3 is 2.11 bits per heavy atom. The van der Waals surface area contributed by atoms with E-state index in [1.807, 2.05) is 0 Å². The van der Waals surface area contributed by atoms with Crippen molar-refractivity contribution in [3.63, 3.8) is 0 Å². The molecule has 0 bridgehead atoms. The van der Waals surface area contributed by atoms with Gasteiger partial charge in [-0.25, -0.2) is 0 Å². The van der Waals surface area contributed by atoms with Crippen molar-refractivity contribution in [2.45, 2.75) is 90.9 Å². The summed E-state index contributed by atoms with van der Waals surface area (Å²) in [5, 5.41) is 3.70. The van der Waals surface area contributed by atoms with Gasteiger partial charge in [-0.3, -0.25) is 0 Å². The average molecular weight is 267 g/mol. The van der Waals surface area contributed by atoms with E-state index in [1.165, 1.54) is 38.5 Å². The maximum atomic E-state index is 6.36. The van der Waals surface area contributed by atoms with E-state index in [0.717, 1.165) is 18.5 Å². The Balaban J connectivity index is 1.91. The van der Waals surface area contributed by atoms with Crippen LogP contribution in [-0.2, 0) is 4.74 Å². The second-order valence-electron chi connectivity index (χ2n) is 8.15. The Labute approximate surface area is 119 Å². The first kappa shape index (κ1) is 15.3. The zero-order valence-electron chi connectivity index (χ0n) is 13.6. The van der Waals surface area contributed by atoms with Crippen LogP contribution >= 0.6 is 0 Å². The lowest BCUT2D eigenvalue weighted by molar-refractivity contribution is -0.112. The summed E-state index contributed by atoms with van der Waals surface area (Å²) in [7, 11) is 0. The minimum atomic E-state index is 0.110. The lowest BCUT2D eigenvalue weighted by atomic mass is 9.68. The summed E-state index contributed by atoms with van der Waals surface area (Å²) in [6.45, 7) is 12.6. The molecule has 0 aromatic carbocycles. The number of ether oxygens (including phenoxy) is 1. The van der Waals surface area contributed by atoms with Crippen LogP contribution in [0, 0.1) is 11.3 Å². The Kier molecular flexibility index (Phi) is 4.62.